The normalized spacial score (nSPS) is 11.0. The fraction of sp³-hybridized carbons (Fsp3) is 0.143. The van der Waals surface area contributed by atoms with Gasteiger partial charge in [0.05, 0.1) is 15.5 Å². The third kappa shape index (κ3) is 3.95. The number of rotatable bonds is 6. The molecule has 0 saturated carbocycles. The van der Waals surface area contributed by atoms with Crippen molar-refractivity contribution in [3.63, 3.8) is 0 Å². The van der Waals surface area contributed by atoms with Crippen LogP contribution in [0.25, 0.3) is 21.8 Å². The predicted molar refractivity (Wildman–Crippen MR) is 110 cm³/mol. The second-order valence-electron chi connectivity index (χ2n) is 6.19. The summed E-state index contributed by atoms with van der Waals surface area (Å²) in [4.78, 5) is 19.8. The van der Waals surface area contributed by atoms with Gasteiger partial charge in [0.1, 0.15) is 11.6 Å². The van der Waals surface area contributed by atoms with Crippen molar-refractivity contribution in [2.24, 2.45) is 0 Å². The number of ether oxygens (including phenoxy) is 1. The van der Waals surface area contributed by atoms with E-state index in [0.717, 1.165) is 32.1 Å². The zero-order valence-electron chi connectivity index (χ0n) is 14.5. The number of carbonyl (C=O) groups is 1. The molecule has 4 aromatic rings. The molecule has 27 heavy (non-hydrogen) atoms. The van der Waals surface area contributed by atoms with Crippen LogP contribution in [0.15, 0.2) is 65.1 Å². The van der Waals surface area contributed by atoms with Crippen molar-refractivity contribution in [1.29, 1.82) is 0 Å². The van der Waals surface area contributed by atoms with Crippen LogP contribution in [-0.4, -0.2) is 29.0 Å². The molecule has 0 fully saturated rings. The molecule has 5 nitrogen and oxygen atoms in total. The molecule has 4 rings (SSSR count). The van der Waals surface area contributed by atoms with Crippen LogP contribution in [0.4, 0.5) is 0 Å². The lowest BCUT2D eigenvalue weighted by molar-refractivity contribution is -0.123. The Morgan fingerprint density at radius 1 is 1.07 bits per heavy atom. The molecule has 0 bridgehead atoms. The molecular weight excluding hydrogens is 406 g/mol. The minimum absolute atomic E-state index is 0.0307. The van der Waals surface area contributed by atoms with Crippen LogP contribution in [0.2, 0.25) is 0 Å². The summed E-state index contributed by atoms with van der Waals surface area (Å²) in [5.41, 5.74) is 1.94. The predicted octanol–water partition coefficient (Wildman–Crippen LogP) is 4.22. The van der Waals surface area contributed by atoms with Gasteiger partial charge in [-0.15, -0.1) is 0 Å². The van der Waals surface area contributed by atoms with Crippen molar-refractivity contribution < 1.29 is 9.53 Å². The maximum Gasteiger partial charge on any atom is 0.257 e. The number of carbonyl (C=O) groups excluding carboxylic acids is 1. The number of imidazole rings is 1. The molecule has 6 heteroatoms. The van der Waals surface area contributed by atoms with Crippen molar-refractivity contribution in [2.75, 3.05) is 13.2 Å². The summed E-state index contributed by atoms with van der Waals surface area (Å²) < 4.78 is 6.53. The molecule has 0 unspecified atom stereocenters. The van der Waals surface area contributed by atoms with Gasteiger partial charge in [-0.2, -0.15) is 0 Å². The zero-order chi connectivity index (χ0) is 18.6. The van der Waals surface area contributed by atoms with Crippen molar-refractivity contribution in [1.82, 2.24) is 15.3 Å². The summed E-state index contributed by atoms with van der Waals surface area (Å²) in [7, 11) is 0. The highest BCUT2D eigenvalue weighted by Gasteiger charge is 2.09. The van der Waals surface area contributed by atoms with Crippen LogP contribution < -0.4 is 10.1 Å². The fourth-order valence-corrected chi connectivity index (χ4v) is 3.57. The third-order valence-electron chi connectivity index (χ3n) is 4.31. The quantitative estimate of drug-likeness (QED) is 0.487. The summed E-state index contributed by atoms with van der Waals surface area (Å²) >= 11 is 3.56. The molecule has 0 saturated heterocycles. The Hall–Kier alpha value is -2.86. The number of nitrogens with one attached hydrogen (secondary N) is 2. The molecule has 1 aromatic heterocycles. The van der Waals surface area contributed by atoms with Crippen molar-refractivity contribution in [2.45, 2.75) is 6.42 Å². The topological polar surface area (TPSA) is 67.0 Å². The van der Waals surface area contributed by atoms with Gasteiger partial charge in [0.15, 0.2) is 6.61 Å². The summed E-state index contributed by atoms with van der Waals surface area (Å²) in [6, 6.07) is 19.7. The van der Waals surface area contributed by atoms with Gasteiger partial charge in [-0.1, -0.05) is 42.5 Å². The lowest BCUT2D eigenvalue weighted by atomic mass is 10.1. The highest BCUT2D eigenvalue weighted by Crippen LogP contribution is 2.32. The van der Waals surface area contributed by atoms with Crippen LogP contribution in [0, 0.1) is 0 Å². The lowest BCUT2D eigenvalue weighted by Gasteiger charge is -2.10. The maximum absolute atomic E-state index is 12.1. The highest BCUT2D eigenvalue weighted by molar-refractivity contribution is 9.10. The Kier molecular flexibility index (Phi) is 5.07. The van der Waals surface area contributed by atoms with Gasteiger partial charge in [-0.05, 0) is 44.9 Å². The van der Waals surface area contributed by atoms with E-state index in [9.17, 15) is 4.79 Å². The number of hydrogen-bond acceptors (Lipinski definition) is 3. The Balaban J connectivity index is 1.30. The van der Waals surface area contributed by atoms with E-state index in [0.29, 0.717) is 18.7 Å². The smallest absolute Gasteiger partial charge is 0.257 e. The number of nitrogens with zero attached hydrogens (tertiary/aromatic N) is 1. The minimum Gasteiger partial charge on any atom is -0.483 e. The first-order valence-electron chi connectivity index (χ1n) is 8.71. The third-order valence-corrected chi connectivity index (χ3v) is 5.13. The standard InChI is InChI=1S/C21H18BrN3O2/c22-21-15-6-2-1-5-14(15)9-10-18(21)27-13-20(26)23-12-11-19-24-16-7-3-4-8-17(16)25-19/h1-10H,11-13H2,(H,23,26)(H,24,25). The number of aromatic nitrogens is 2. The maximum atomic E-state index is 12.1. The number of halogens is 1. The Labute approximate surface area is 164 Å². The lowest BCUT2D eigenvalue weighted by Crippen LogP contribution is -2.30. The SMILES string of the molecule is O=C(COc1ccc2ccccc2c1Br)NCCc1nc2ccccc2[nH]1. The van der Waals surface area contributed by atoms with E-state index in [4.69, 9.17) is 4.74 Å². The summed E-state index contributed by atoms with van der Waals surface area (Å²) in [6.45, 7) is 0.470. The van der Waals surface area contributed by atoms with Crippen molar-refractivity contribution in [3.8, 4) is 5.75 Å². The summed E-state index contributed by atoms with van der Waals surface area (Å²) in [5, 5.41) is 5.04. The van der Waals surface area contributed by atoms with E-state index >= 15 is 0 Å². The zero-order valence-corrected chi connectivity index (χ0v) is 16.1. The molecule has 136 valence electrons. The first-order chi connectivity index (χ1) is 13.2. The molecule has 0 aliphatic carbocycles. The number of aromatic amines is 1. The van der Waals surface area contributed by atoms with Gasteiger partial charge < -0.3 is 15.0 Å². The monoisotopic (exact) mass is 423 g/mol. The second kappa shape index (κ2) is 7.80. The van der Waals surface area contributed by atoms with E-state index < -0.39 is 0 Å². The summed E-state index contributed by atoms with van der Waals surface area (Å²) in [5.74, 6) is 1.35. The van der Waals surface area contributed by atoms with Crippen LogP contribution in [-0.2, 0) is 11.2 Å². The van der Waals surface area contributed by atoms with Crippen LogP contribution >= 0.6 is 15.9 Å². The number of amides is 1. The Morgan fingerprint density at radius 3 is 2.78 bits per heavy atom. The van der Waals surface area contributed by atoms with Crippen molar-refractivity contribution in [3.05, 3.63) is 71.0 Å². The van der Waals surface area contributed by atoms with Crippen LogP contribution in [0.5, 0.6) is 5.75 Å². The first kappa shape index (κ1) is 17.5. The van der Waals surface area contributed by atoms with Gasteiger partial charge in [0, 0.05) is 13.0 Å². The average molecular weight is 424 g/mol. The largest absolute Gasteiger partial charge is 0.483 e. The molecular formula is C21H18BrN3O2. The Morgan fingerprint density at radius 2 is 1.89 bits per heavy atom. The highest BCUT2D eigenvalue weighted by atomic mass is 79.9. The molecule has 0 atom stereocenters. The minimum atomic E-state index is -0.161. The van der Waals surface area contributed by atoms with E-state index in [1.54, 1.807) is 0 Å². The van der Waals surface area contributed by atoms with Crippen LogP contribution in [0.1, 0.15) is 5.82 Å². The van der Waals surface area contributed by atoms with Gasteiger partial charge in [0.2, 0.25) is 0 Å². The molecule has 1 heterocycles. The molecule has 0 spiro atoms. The number of H-pyrrole nitrogens is 1. The summed E-state index contributed by atoms with van der Waals surface area (Å²) in [6.07, 6.45) is 0.639. The number of hydrogen-bond donors (Lipinski definition) is 2. The molecule has 3 aromatic carbocycles. The Bertz CT molecular complexity index is 1070. The van der Waals surface area contributed by atoms with E-state index in [1.165, 1.54) is 0 Å². The number of benzene rings is 3. The van der Waals surface area contributed by atoms with Gasteiger partial charge in [0.25, 0.3) is 5.91 Å². The van der Waals surface area contributed by atoms with Gasteiger partial charge >= 0.3 is 0 Å². The molecule has 2 N–H and O–H groups in total. The molecule has 0 aliphatic heterocycles. The van der Waals surface area contributed by atoms with E-state index in [2.05, 4.69) is 31.2 Å². The van der Waals surface area contributed by atoms with Gasteiger partial charge in [-0.3, -0.25) is 4.79 Å². The number of para-hydroxylation sites is 2. The average Bonchev–Trinajstić information content (AvgIpc) is 3.10. The molecule has 0 aliphatic rings. The molecule has 0 radical (unpaired) electrons. The second-order valence-corrected chi connectivity index (χ2v) is 6.98. The fourth-order valence-electron chi connectivity index (χ4n) is 2.96. The molecule has 1 amide bonds. The van der Waals surface area contributed by atoms with E-state index in [-0.39, 0.29) is 12.5 Å². The van der Waals surface area contributed by atoms with E-state index in [1.807, 2.05) is 60.7 Å². The first-order valence-corrected chi connectivity index (χ1v) is 9.50. The van der Waals surface area contributed by atoms with Gasteiger partial charge in [-0.25, -0.2) is 4.98 Å². The van der Waals surface area contributed by atoms with Crippen LogP contribution in [0.3, 0.4) is 0 Å². The van der Waals surface area contributed by atoms with Crippen molar-refractivity contribution >= 4 is 43.6 Å². The number of fused-ring (bicyclic) bond motifs is 2.